The predicted octanol–water partition coefficient (Wildman–Crippen LogP) is 2.30. The van der Waals surface area contributed by atoms with Crippen LogP contribution in [0.4, 0.5) is 5.82 Å². The topological polar surface area (TPSA) is 64.0 Å². The van der Waals surface area contributed by atoms with Gasteiger partial charge in [0.2, 0.25) is 0 Å². The molecule has 1 aromatic carbocycles. The third-order valence-electron chi connectivity index (χ3n) is 2.90. The van der Waals surface area contributed by atoms with E-state index in [4.69, 9.17) is 0 Å². The summed E-state index contributed by atoms with van der Waals surface area (Å²) in [6.07, 6.45) is 3.60. The lowest BCUT2D eigenvalue weighted by Gasteiger charge is -2.06. The average molecular weight is 271 g/mol. The van der Waals surface area contributed by atoms with Crippen LogP contribution in [-0.4, -0.2) is 15.5 Å². The highest BCUT2D eigenvalue weighted by Crippen LogP contribution is 2.04. The van der Waals surface area contributed by atoms with E-state index in [-0.39, 0.29) is 17.4 Å². The Bertz CT molecular complexity index is 635. The summed E-state index contributed by atoms with van der Waals surface area (Å²) in [5.41, 5.74) is 0.189. The van der Waals surface area contributed by atoms with Crippen molar-refractivity contribution in [2.45, 2.75) is 26.3 Å². The van der Waals surface area contributed by atoms with Crippen molar-refractivity contribution in [3.05, 3.63) is 58.6 Å². The van der Waals surface area contributed by atoms with Crippen molar-refractivity contribution in [3.63, 3.8) is 0 Å². The standard InChI is InChI=1S/C15H17N3O2/c1-2-3-10-18-11-9-13(17-15(18)20)16-14(19)12-7-5-4-6-8-12/h4-9,11H,2-3,10H2,1H3,(H,16,17,19,20). The van der Waals surface area contributed by atoms with Crippen LogP contribution in [0.1, 0.15) is 30.1 Å². The van der Waals surface area contributed by atoms with Crippen LogP contribution in [-0.2, 0) is 6.54 Å². The van der Waals surface area contributed by atoms with Crippen LogP contribution in [0.5, 0.6) is 0 Å². The minimum absolute atomic E-state index is 0.274. The van der Waals surface area contributed by atoms with Gasteiger partial charge in [0.25, 0.3) is 5.91 Å². The van der Waals surface area contributed by atoms with E-state index in [0.29, 0.717) is 12.1 Å². The first kappa shape index (κ1) is 14.0. The molecular formula is C15H17N3O2. The van der Waals surface area contributed by atoms with E-state index in [1.165, 1.54) is 0 Å². The van der Waals surface area contributed by atoms with Crippen LogP contribution in [0.3, 0.4) is 0 Å². The molecule has 0 fully saturated rings. The molecule has 5 nitrogen and oxygen atoms in total. The van der Waals surface area contributed by atoms with E-state index in [2.05, 4.69) is 17.2 Å². The second kappa shape index (κ2) is 6.65. The van der Waals surface area contributed by atoms with Gasteiger partial charge < -0.3 is 5.32 Å². The molecule has 0 aliphatic heterocycles. The summed E-state index contributed by atoms with van der Waals surface area (Å²) in [6.45, 7) is 2.71. The first-order valence-electron chi connectivity index (χ1n) is 6.64. The van der Waals surface area contributed by atoms with Gasteiger partial charge in [-0.25, -0.2) is 4.79 Å². The second-order valence-corrected chi connectivity index (χ2v) is 4.46. The number of hydrogen-bond donors (Lipinski definition) is 1. The molecule has 0 radical (unpaired) electrons. The predicted molar refractivity (Wildman–Crippen MR) is 77.8 cm³/mol. The summed E-state index contributed by atoms with van der Waals surface area (Å²) in [6, 6.07) is 10.5. The van der Waals surface area contributed by atoms with Crippen LogP contribution in [0.2, 0.25) is 0 Å². The lowest BCUT2D eigenvalue weighted by Crippen LogP contribution is -2.24. The van der Waals surface area contributed by atoms with Gasteiger partial charge in [0.05, 0.1) is 0 Å². The number of rotatable bonds is 5. The van der Waals surface area contributed by atoms with Crippen molar-refractivity contribution >= 4 is 11.7 Å². The fourth-order valence-electron chi connectivity index (χ4n) is 1.78. The molecule has 20 heavy (non-hydrogen) atoms. The Labute approximate surface area is 117 Å². The van der Waals surface area contributed by atoms with Gasteiger partial charge in [-0.1, -0.05) is 31.5 Å². The zero-order valence-electron chi connectivity index (χ0n) is 11.4. The third-order valence-corrected chi connectivity index (χ3v) is 2.90. The maximum Gasteiger partial charge on any atom is 0.349 e. The van der Waals surface area contributed by atoms with Gasteiger partial charge in [0.15, 0.2) is 0 Å². The number of carbonyl (C=O) groups excluding carboxylic acids is 1. The Morgan fingerprint density at radius 1 is 1.25 bits per heavy atom. The molecule has 1 aromatic heterocycles. The number of amides is 1. The maximum absolute atomic E-state index is 11.9. The second-order valence-electron chi connectivity index (χ2n) is 4.46. The molecule has 0 atom stereocenters. The van der Waals surface area contributed by atoms with Crippen molar-refractivity contribution in [2.24, 2.45) is 0 Å². The quantitative estimate of drug-likeness (QED) is 0.907. The number of hydrogen-bond acceptors (Lipinski definition) is 3. The molecule has 5 heteroatoms. The minimum Gasteiger partial charge on any atom is -0.306 e. The summed E-state index contributed by atoms with van der Waals surface area (Å²) < 4.78 is 1.54. The highest BCUT2D eigenvalue weighted by atomic mass is 16.2. The number of nitrogens with one attached hydrogen (secondary N) is 1. The van der Waals surface area contributed by atoms with Crippen molar-refractivity contribution in [1.82, 2.24) is 9.55 Å². The Hall–Kier alpha value is -2.43. The molecule has 1 heterocycles. The smallest absolute Gasteiger partial charge is 0.306 e. The van der Waals surface area contributed by atoms with E-state index < -0.39 is 0 Å². The third kappa shape index (κ3) is 3.54. The summed E-state index contributed by atoms with van der Waals surface area (Å²) >= 11 is 0. The van der Waals surface area contributed by atoms with E-state index >= 15 is 0 Å². The number of unbranched alkanes of at least 4 members (excludes halogenated alkanes) is 1. The van der Waals surface area contributed by atoms with Crippen molar-refractivity contribution in [1.29, 1.82) is 0 Å². The van der Waals surface area contributed by atoms with E-state index in [9.17, 15) is 9.59 Å². The Balaban J connectivity index is 2.09. The Kier molecular flexibility index (Phi) is 4.65. The van der Waals surface area contributed by atoms with Crippen LogP contribution in [0.25, 0.3) is 0 Å². The number of carbonyl (C=O) groups is 1. The molecule has 1 N–H and O–H groups in total. The molecule has 2 rings (SSSR count). The van der Waals surface area contributed by atoms with E-state index in [1.54, 1.807) is 41.1 Å². The molecule has 0 saturated carbocycles. The molecule has 0 spiro atoms. The fourth-order valence-corrected chi connectivity index (χ4v) is 1.78. The maximum atomic E-state index is 11.9. The summed E-state index contributed by atoms with van der Waals surface area (Å²) in [4.78, 5) is 27.6. The van der Waals surface area contributed by atoms with Crippen LogP contribution in [0, 0.1) is 0 Å². The monoisotopic (exact) mass is 271 g/mol. The SMILES string of the molecule is CCCCn1ccc(NC(=O)c2ccccc2)nc1=O. The van der Waals surface area contributed by atoms with Crippen molar-refractivity contribution < 1.29 is 4.79 Å². The molecule has 0 aliphatic rings. The largest absolute Gasteiger partial charge is 0.349 e. The van der Waals surface area contributed by atoms with E-state index in [1.807, 2.05) is 6.07 Å². The zero-order valence-corrected chi connectivity index (χ0v) is 11.4. The molecule has 0 aliphatic carbocycles. The molecular weight excluding hydrogens is 254 g/mol. The van der Waals surface area contributed by atoms with Crippen molar-refractivity contribution in [2.75, 3.05) is 5.32 Å². The van der Waals surface area contributed by atoms with E-state index in [0.717, 1.165) is 12.8 Å². The number of anilines is 1. The van der Waals surface area contributed by atoms with Gasteiger partial charge >= 0.3 is 5.69 Å². The summed E-state index contributed by atoms with van der Waals surface area (Å²) in [5, 5.41) is 2.62. The van der Waals surface area contributed by atoms with Gasteiger partial charge in [-0.15, -0.1) is 0 Å². The van der Waals surface area contributed by atoms with Gasteiger partial charge in [0.1, 0.15) is 5.82 Å². The molecule has 1 amide bonds. The number of benzene rings is 1. The highest BCUT2D eigenvalue weighted by Gasteiger charge is 2.07. The number of aromatic nitrogens is 2. The molecule has 0 unspecified atom stereocenters. The minimum atomic E-state index is -0.343. The summed E-state index contributed by atoms with van der Waals surface area (Å²) in [5.74, 6) is 0.000379. The normalized spacial score (nSPS) is 10.2. The first-order chi connectivity index (χ1) is 9.70. The lowest BCUT2D eigenvalue weighted by atomic mass is 10.2. The molecule has 0 saturated heterocycles. The van der Waals surface area contributed by atoms with Gasteiger partial charge in [0, 0.05) is 18.3 Å². The van der Waals surface area contributed by atoms with Crippen molar-refractivity contribution in [3.8, 4) is 0 Å². The zero-order chi connectivity index (χ0) is 14.4. The number of aryl methyl sites for hydroxylation is 1. The molecule has 0 bridgehead atoms. The van der Waals surface area contributed by atoms with Crippen LogP contribution >= 0.6 is 0 Å². The average Bonchev–Trinajstić information content (AvgIpc) is 2.47. The fraction of sp³-hybridized carbons (Fsp3) is 0.267. The first-order valence-corrected chi connectivity index (χ1v) is 6.64. The van der Waals surface area contributed by atoms with Crippen LogP contribution < -0.4 is 11.0 Å². The Morgan fingerprint density at radius 3 is 2.65 bits per heavy atom. The van der Waals surface area contributed by atoms with Gasteiger partial charge in [-0.2, -0.15) is 4.98 Å². The Morgan fingerprint density at radius 2 is 2.00 bits per heavy atom. The highest BCUT2D eigenvalue weighted by molar-refractivity contribution is 6.03. The van der Waals surface area contributed by atoms with Gasteiger partial charge in [-0.05, 0) is 24.6 Å². The lowest BCUT2D eigenvalue weighted by molar-refractivity contribution is 0.102. The number of nitrogens with zero attached hydrogens (tertiary/aromatic N) is 2. The molecule has 104 valence electrons. The summed E-state index contributed by atoms with van der Waals surface area (Å²) in [7, 11) is 0. The van der Waals surface area contributed by atoms with Crippen LogP contribution in [0.15, 0.2) is 47.4 Å². The molecule has 2 aromatic rings. The van der Waals surface area contributed by atoms with Gasteiger partial charge in [-0.3, -0.25) is 9.36 Å².